The Bertz CT molecular complexity index is 786. The topological polar surface area (TPSA) is 67.4 Å². The first-order valence-corrected chi connectivity index (χ1v) is 8.40. The van der Waals surface area contributed by atoms with Crippen LogP contribution in [-0.2, 0) is 10.2 Å². The Morgan fingerprint density at radius 2 is 1.80 bits per heavy atom. The summed E-state index contributed by atoms with van der Waals surface area (Å²) in [4.78, 5) is 24.0. The third kappa shape index (κ3) is 3.94. The maximum atomic E-state index is 12.2. The van der Waals surface area contributed by atoms with Gasteiger partial charge in [-0.3, -0.25) is 0 Å². The molecule has 0 aromatic heterocycles. The van der Waals surface area contributed by atoms with Crippen molar-refractivity contribution in [1.82, 2.24) is 5.32 Å². The molecule has 1 aliphatic carbocycles. The van der Waals surface area contributed by atoms with Crippen LogP contribution in [0.15, 0.2) is 48.5 Å². The minimum absolute atomic E-state index is 0.0240. The van der Waals surface area contributed by atoms with Crippen molar-refractivity contribution in [2.75, 3.05) is 19.0 Å². The van der Waals surface area contributed by atoms with E-state index in [1.54, 1.807) is 24.3 Å². The van der Waals surface area contributed by atoms with E-state index >= 15 is 0 Å². The number of hydrogen-bond donors (Lipinski definition) is 2. The molecule has 0 aliphatic heterocycles. The number of esters is 1. The molecule has 2 aromatic carbocycles. The van der Waals surface area contributed by atoms with Crippen LogP contribution in [0.4, 0.5) is 10.5 Å². The van der Waals surface area contributed by atoms with Gasteiger partial charge in [0.25, 0.3) is 0 Å². The first kappa shape index (κ1) is 17.3. The van der Waals surface area contributed by atoms with Crippen molar-refractivity contribution in [1.29, 1.82) is 0 Å². The number of amides is 2. The van der Waals surface area contributed by atoms with Crippen molar-refractivity contribution in [2.24, 2.45) is 0 Å². The van der Waals surface area contributed by atoms with Crippen LogP contribution in [0.2, 0.25) is 5.02 Å². The number of rotatable bonds is 5. The number of urea groups is 1. The summed E-state index contributed by atoms with van der Waals surface area (Å²) in [5.74, 6) is -0.490. The second-order valence-electron chi connectivity index (χ2n) is 6.13. The van der Waals surface area contributed by atoms with Gasteiger partial charge < -0.3 is 15.4 Å². The minimum Gasteiger partial charge on any atom is -0.465 e. The molecule has 2 amide bonds. The van der Waals surface area contributed by atoms with Gasteiger partial charge in [0.15, 0.2) is 0 Å². The van der Waals surface area contributed by atoms with E-state index in [1.807, 2.05) is 24.3 Å². The number of carbonyl (C=O) groups is 2. The second-order valence-corrected chi connectivity index (χ2v) is 6.57. The number of para-hydroxylation sites is 1. The molecule has 1 fully saturated rings. The lowest BCUT2D eigenvalue weighted by molar-refractivity contribution is 0.0602. The molecule has 3 rings (SSSR count). The fourth-order valence-electron chi connectivity index (χ4n) is 2.82. The molecule has 0 unspecified atom stereocenters. The standard InChI is InChI=1S/C19H19ClN2O3/c1-25-17(23)15-4-2-3-5-16(15)22-18(24)21-12-19(10-11-19)13-6-8-14(20)9-7-13/h2-9H,10-12H2,1H3,(H2,21,22,24). The van der Waals surface area contributed by atoms with Gasteiger partial charge >= 0.3 is 12.0 Å². The van der Waals surface area contributed by atoms with Crippen molar-refractivity contribution in [3.63, 3.8) is 0 Å². The molecule has 5 nitrogen and oxygen atoms in total. The lowest BCUT2D eigenvalue weighted by atomic mass is 9.96. The van der Waals surface area contributed by atoms with Gasteiger partial charge in [-0.05, 0) is 42.7 Å². The highest BCUT2D eigenvalue weighted by molar-refractivity contribution is 6.30. The lowest BCUT2D eigenvalue weighted by Gasteiger charge is -2.17. The average Bonchev–Trinajstić information content (AvgIpc) is 3.41. The van der Waals surface area contributed by atoms with Crippen molar-refractivity contribution in [3.8, 4) is 0 Å². The number of halogens is 1. The number of hydrogen-bond acceptors (Lipinski definition) is 3. The molecule has 0 radical (unpaired) electrons. The van der Waals surface area contributed by atoms with E-state index in [4.69, 9.17) is 16.3 Å². The van der Waals surface area contributed by atoms with Crippen molar-refractivity contribution < 1.29 is 14.3 Å². The fraction of sp³-hybridized carbons (Fsp3) is 0.263. The second kappa shape index (κ2) is 7.15. The summed E-state index contributed by atoms with van der Waals surface area (Å²) in [6.07, 6.45) is 2.04. The van der Waals surface area contributed by atoms with Crippen LogP contribution in [0.3, 0.4) is 0 Å². The summed E-state index contributed by atoms with van der Waals surface area (Å²) in [6, 6.07) is 14.1. The number of carbonyl (C=O) groups excluding carboxylic acids is 2. The number of nitrogens with one attached hydrogen (secondary N) is 2. The van der Waals surface area contributed by atoms with Gasteiger partial charge in [0.1, 0.15) is 0 Å². The monoisotopic (exact) mass is 358 g/mol. The Balaban J connectivity index is 1.62. The van der Waals surface area contributed by atoms with E-state index in [1.165, 1.54) is 12.7 Å². The highest BCUT2D eigenvalue weighted by atomic mass is 35.5. The third-order valence-corrected chi connectivity index (χ3v) is 4.73. The third-order valence-electron chi connectivity index (χ3n) is 4.48. The van der Waals surface area contributed by atoms with Crippen LogP contribution >= 0.6 is 11.6 Å². The average molecular weight is 359 g/mol. The molecule has 6 heteroatoms. The first-order valence-electron chi connectivity index (χ1n) is 8.02. The molecule has 0 heterocycles. The molecule has 25 heavy (non-hydrogen) atoms. The minimum atomic E-state index is -0.490. The Hall–Kier alpha value is -2.53. The van der Waals surface area contributed by atoms with Gasteiger partial charge in [0.05, 0.1) is 18.4 Å². The van der Waals surface area contributed by atoms with Gasteiger partial charge in [0, 0.05) is 17.0 Å². The van der Waals surface area contributed by atoms with E-state index in [2.05, 4.69) is 10.6 Å². The molecular formula is C19H19ClN2O3. The summed E-state index contributed by atoms with van der Waals surface area (Å²) >= 11 is 5.93. The van der Waals surface area contributed by atoms with Gasteiger partial charge in [-0.25, -0.2) is 9.59 Å². The van der Waals surface area contributed by atoms with Crippen molar-refractivity contribution in [2.45, 2.75) is 18.3 Å². The molecule has 1 saturated carbocycles. The molecular weight excluding hydrogens is 340 g/mol. The first-order chi connectivity index (χ1) is 12.0. The van der Waals surface area contributed by atoms with E-state index in [0.29, 0.717) is 22.8 Å². The molecule has 1 aliphatic rings. The maximum absolute atomic E-state index is 12.2. The highest BCUT2D eigenvalue weighted by Crippen LogP contribution is 2.47. The highest BCUT2D eigenvalue weighted by Gasteiger charge is 2.44. The molecule has 0 bridgehead atoms. The van der Waals surface area contributed by atoms with Gasteiger partial charge in [-0.15, -0.1) is 0 Å². The van der Waals surface area contributed by atoms with Crippen LogP contribution < -0.4 is 10.6 Å². The number of methoxy groups -OCH3 is 1. The predicted octanol–water partition coefficient (Wildman–Crippen LogP) is 3.98. The zero-order valence-corrected chi connectivity index (χ0v) is 14.6. The predicted molar refractivity (Wildman–Crippen MR) is 97.2 cm³/mol. The molecule has 130 valence electrons. The van der Waals surface area contributed by atoms with Gasteiger partial charge in [-0.1, -0.05) is 35.9 Å². The van der Waals surface area contributed by atoms with Crippen LogP contribution in [0, 0.1) is 0 Å². The summed E-state index contributed by atoms with van der Waals surface area (Å²) in [5, 5.41) is 6.31. The maximum Gasteiger partial charge on any atom is 0.339 e. The molecule has 2 N–H and O–H groups in total. The molecule has 2 aromatic rings. The zero-order valence-electron chi connectivity index (χ0n) is 13.8. The van der Waals surface area contributed by atoms with Crippen molar-refractivity contribution in [3.05, 3.63) is 64.7 Å². The van der Waals surface area contributed by atoms with Crippen molar-refractivity contribution >= 4 is 29.3 Å². The molecule has 0 saturated heterocycles. The summed E-state index contributed by atoms with van der Waals surface area (Å²) in [5.41, 5.74) is 1.89. The lowest BCUT2D eigenvalue weighted by Crippen LogP contribution is -2.35. The summed E-state index contributed by atoms with van der Waals surface area (Å²) in [6.45, 7) is 0.529. The van der Waals surface area contributed by atoms with Gasteiger partial charge in [-0.2, -0.15) is 0 Å². The Kier molecular flexibility index (Phi) is 4.95. The van der Waals surface area contributed by atoms with E-state index in [-0.39, 0.29) is 11.4 Å². The van der Waals surface area contributed by atoms with Gasteiger partial charge in [0.2, 0.25) is 0 Å². The normalized spacial score (nSPS) is 14.5. The zero-order chi connectivity index (χ0) is 17.9. The summed E-state index contributed by atoms with van der Waals surface area (Å²) in [7, 11) is 1.31. The van der Waals surface area contributed by atoms with E-state index in [9.17, 15) is 9.59 Å². The number of anilines is 1. The summed E-state index contributed by atoms with van der Waals surface area (Å²) < 4.78 is 4.73. The Morgan fingerprint density at radius 3 is 2.44 bits per heavy atom. The number of ether oxygens (including phenoxy) is 1. The SMILES string of the molecule is COC(=O)c1ccccc1NC(=O)NCC1(c2ccc(Cl)cc2)CC1. The molecule has 0 atom stereocenters. The largest absolute Gasteiger partial charge is 0.465 e. The van der Waals surface area contributed by atoms with Crippen LogP contribution in [0.1, 0.15) is 28.8 Å². The van der Waals surface area contributed by atoms with Crippen LogP contribution in [0.5, 0.6) is 0 Å². The van der Waals surface area contributed by atoms with Crippen LogP contribution in [0.25, 0.3) is 0 Å². The van der Waals surface area contributed by atoms with Crippen LogP contribution in [-0.4, -0.2) is 25.7 Å². The van der Waals surface area contributed by atoms with E-state index in [0.717, 1.165) is 12.8 Å². The molecule has 0 spiro atoms. The Morgan fingerprint density at radius 1 is 1.12 bits per heavy atom. The Labute approximate surface area is 151 Å². The quantitative estimate of drug-likeness (QED) is 0.794. The smallest absolute Gasteiger partial charge is 0.339 e. The fourth-order valence-corrected chi connectivity index (χ4v) is 2.94. The number of benzene rings is 2. The van der Waals surface area contributed by atoms with E-state index < -0.39 is 5.97 Å².